The Morgan fingerprint density at radius 1 is 1.24 bits per heavy atom. The van der Waals surface area contributed by atoms with Gasteiger partial charge in [0.25, 0.3) is 0 Å². The van der Waals surface area contributed by atoms with Gasteiger partial charge in [-0.3, -0.25) is 19.5 Å². The highest BCUT2D eigenvalue weighted by molar-refractivity contribution is 5.80. The lowest BCUT2D eigenvalue weighted by molar-refractivity contribution is -0.144. The molecular weight excluding hydrogens is 332 g/mol. The van der Waals surface area contributed by atoms with Crippen LogP contribution in [0.1, 0.15) is 35.7 Å². The predicted octanol–water partition coefficient (Wildman–Crippen LogP) is 0.205. The molecule has 0 saturated heterocycles. The number of aldehydes is 2. The fraction of sp³-hybridized carbons (Fsp3) is 0.438. The van der Waals surface area contributed by atoms with Crippen molar-refractivity contribution in [3.8, 4) is 5.75 Å². The molecule has 0 spiro atoms. The van der Waals surface area contributed by atoms with Crippen LogP contribution in [0.4, 0.5) is 0 Å². The number of aromatic nitrogens is 1. The SMILES string of the molecule is COc1cc2c(nc1C(CC=O)C(=O)O)CN(C(CC=O)C(=O)O)C2. The van der Waals surface area contributed by atoms with Crippen LogP contribution in [0.25, 0.3) is 0 Å². The van der Waals surface area contributed by atoms with Crippen LogP contribution in [0.2, 0.25) is 0 Å². The van der Waals surface area contributed by atoms with Gasteiger partial charge in [-0.1, -0.05) is 0 Å². The van der Waals surface area contributed by atoms with E-state index in [1.54, 1.807) is 11.0 Å². The van der Waals surface area contributed by atoms with Gasteiger partial charge in [0.05, 0.1) is 18.5 Å². The van der Waals surface area contributed by atoms with Crippen LogP contribution < -0.4 is 4.74 Å². The molecule has 9 heteroatoms. The van der Waals surface area contributed by atoms with E-state index < -0.39 is 23.9 Å². The Labute approximate surface area is 143 Å². The molecule has 2 unspecified atom stereocenters. The van der Waals surface area contributed by atoms with Crippen LogP contribution in [0.5, 0.6) is 5.75 Å². The monoisotopic (exact) mass is 350 g/mol. The summed E-state index contributed by atoms with van der Waals surface area (Å²) < 4.78 is 5.21. The molecule has 0 fully saturated rings. The third-order valence-corrected chi connectivity index (χ3v) is 4.14. The third-order valence-electron chi connectivity index (χ3n) is 4.14. The summed E-state index contributed by atoms with van der Waals surface area (Å²) in [5.74, 6) is -3.22. The summed E-state index contributed by atoms with van der Waals surface area (Å²) in [6.45, 7) is 0.430. The van der Waals surface area contributed by atoms with Crippen LogP contribution in [0.15, 0.2) is 6.07 Å². The first-order valence-electron chi connectivity index (χ1n) is 7.56. The van der Waals surface area contributed by atoms with Crippen molar-refractivity contribution in [2.45, 2.75) is 37.9 Å². The average Bonchev–Trinajstić information content (AvgIpc) is 2.97. The van der Waals surface area contributed by atoms with Crippen LogP contribution in [-0.2, 0) is 32.3 Å². The van der Waals surface area contributed by atoms with Gasteiger partial charge in [-0.05, 0) is 11.6 Å². The van der Waals surface area contributed by atoms with Crippen molar-refractivity contribution >= 4 is 24.5 Å². The smallest absolute Gasteiger partial charge is 0.321 e. The zero-order valence-electron chi connectivity index (χ0n) is 13.5. The fourth-order valence-corrected chi connectivity index (χ4v) is 2.89. The summed E-state index contributed by atoms with van der Waals surface area (Å²) in [5.41, 5.74) is 1.35. The van der Waals surface area contributed by atoms with Gasteiger partial charge in [-0.2, -0.15) is 0 Å². The molecule has 0 aliphatic carbocycles. The number of fused-ring (bicyclic) bond motifs is 1. The largest absolute Gasteiger partial charge is 0.495 e. The average molecular weight is 350 g/mol. The number of carboxylic acids is 2. The van der Waals surface area contributed by atoms with Crippen molar-refractivity contribution in [1.29, 1.82) is 0 Å². The minimum atomic E-state index is -1.20. The van der Waals surface area contributed by atoms with Crippen molar-refractivity contribution in [3.05, 3.63) is 23.0 Å². The van der Waals surface area contributed by atoms with Gasteiger partial charge in [0.1, 0.15) is 30.3 Å². The second kappa shape index (κ2) is 7.84. The molecule has 9 nitrogen and oxygen atoms in total. The molecule has 2 N–H and O–H groups in total. The molecule has 2 atom stereocenters. The van der Waals surface area contributed by atoms with Crippen molar-refractivity contribution in [2.75, 3.05) is 7.11 Å². The Morgan fingerprint density at radius 3 is 2.44 bits per heavy atom. The molecule has 0 bridgehead atoms. The minimum Gasteiger partial charge on any atom is -0.495 e. The first kappa shape index (κ1) is 18.5. The summed E-state index contributed by atoms with van der Waals surface area (Å²) in [7, 11) is 1.37. The lowest BCUT2D eigenvalue weighted by Crippen LogP contribution is -2.37. The summed E-state index contributed by atoms with van der Waals surface area (Å²) in [5, 5.41) is 18.6. The topological polar surface area (TPSA) is 134 Å². The Hall–Kier alpha value is -2.81. The number of carbonyl (C=O) groups excluding carboxylic acids is 2. The van der Waals surface area contributed by atoms with E-state index in [1.165, 1.54) is 7.11 Å². The summed E-state index contributed by atoms with van der Waals surface area (Å²) >= 11 is 0. The maximum absolute atomic E-state index is 11.4. The molecule has 1 aliphatic rings. The number of ether oxygens (including phenoxy) is 1. The molecule has 1 aliphatic heterocycles. The van der Waals surface area contributed by atoms with E-state index in [0.29, 0.717) is 23.8 Å². The Morgan fingerprint density at radius 2 is 1.92 bits per heavy atom. The van der Waals surface area contributed by atoms with E-state index in [4.69, 9.17) is 4.74 Å². The normalized spacial score (nSPS) is 15.9. The van der Waals surface area contributed by atoms with Gasteiger partial charge in [0, 0.05) is 25.9 Å². The van der Waals surface area contributed by atoms with Gasteiger partial charge in [-0.25, -0.2) is 0 Å². The number of aliphatic carboxylic acids is 2. The molecule has 0 amide bonds. The van der Waals surface area contributed by atoms with E-state index >= 15 is 0 Å². The maximum atomic E-state index is 11.4. The Balaban J connectivity index is 2.38. The first-order chi connectivity index (χ1) is 11.9. The van der Waals surface area contributed by atoms with Crippen molar-refractivity contribution in [3.63, 3.8) is 0 Å². The molecule has 0 radical (unpaired) electrons. The standard InChI is InChI=1S/C16H18N2O7/c1-25-13-6-9-7-18(12(3-5-20)16(23)24)8-11(9)17-14(13)10(2-4-19)15(21)22/h4-6,10,12H,2-3,7-8H2,1H3,(H,21,22)(H,23,24). The van der Waals surface area contributed by atoms with Crippen LogP contribution >= 0.6 is 0 Å². The Kier molecular flexibility index (Phi) is 5.81. The minimum absolute atomic E-state index is 0.130. The zero-order chi connectivity index (χ0) is 18.6. The highest BCUT2D eigenvalue weighted by Gasteiger charge is 2.34. The van der Waals surface area contributed by atoms with E-state index in [-0.39, 0.29) is 37.4 Å². The first-order valence-corrected chi connectivity index (χ1v) is 7.56. The number of nitrogens with zero attached hydrogens (tertiary/aromatic N) is 2. The van der Waals surface area contributed by atoms with E-state index in [1.807, 2.05) is 0 Å². The highest BCUT2D eigenvalue weighted by Crippen LogP contribution is 2.33. The van der Waals surface area contributed by atoms with Gasteiger partial charge in [-0.15, -0.1) is 0 Å². The van der Waals surface area contributed by atoms with Crippen molar-refractivity contribution in [1.82, 2.24) is 9.88 Å². The molecule has 134 valence electrons. The number of carboxylic acid groups (broad SMARTS) is 2. The van der Waals surface area contributed by atoms with Gasteiger partial charge in [0.15, 0.2) is 0 Å². The van der Waals surface area contributed by atoms with Crippen LogP contribution in [-0.4, -0.2) is 57.8 Å². The lowest BCUT2D eigenvalue weighted by atomic mass is 9.99. The van der Waals surface area contributed by atoms with Gasteiger partial charge in [0.2, 0.25) is 0 Å². The van der Waals surface area contributed by atoms with E-state index in [0.717, 1.165) is 0 Å². The van der Waals surface area contributed by atoms with Gasteiger partial charge >= 0.3 is 11.9 Å². The van der Waals surface area contributed by atoms with Crippen LogP contribution in [0.3, 0.4) is 0 Å². The van der Waals surface area contributed by atoms with Crippen molar-refractivity contribution < 1.29 is 34.1 Å². The molecule has 0 aromatic carbocycles. The summed E-state index contributed by atoms with van der Waals surface area (Å²) in [6, 6.07) is 0.629. The van der Waals surface area contributed by atoms with Gasteiger partial charge < -0.3 is 24.5 Å². The number of hydrogen-bond acceptors (Lipinski definition) is 7. The Bertz CT molecular complexity index is 704. The van der Waals surface area contributed by atoms with E-state index in [9.17, 15) is 29.4 Å². The molecule has 25 heavy (non-hydrogen) atoms. The van der Waals surface area contributed by atoms with Crippen molar-refractivity contribution in [2.24, 2.45) is 0 Å². The molecule has 2 rings (SSSR count). The molecule has 0 saturated carbocycles. The summed E-state index contributed by atoms with van der Waals surface area (Å²) in [4.78, 5) is 50.2. The second-order valence-corrected chi connectivity index (χ2v) is 5.64. The highest BCUT2D eigenvalue weighted by atomic mass is 16.5. The number of pyridine rings is 1. The third kappa shape index (κ3) is 3.82. The molecule has 1 aromatic rings. The number of methoxy groups -OCH3 is 1. The van der Waals surface area contributed by atoms with Crippen LogP contribution in [0, 0.1) is 0 Å². The number of hydrogen-bond donors (Lipinski definition) is 2. The summed E-state index contributed by atoms with van der Waals surface area (Å²) in [6.07, 6.45) is 0.649. The zero-order valence-corrected chi connectivity index (χ0v) is 13.5. The number of carbonyl (C=O) groups is 4. The predicted molar refractivity (Wildman–Crippen MR) is 83.2 cm³/mol. The molecule has 2 heterocycles. The second-order valence-electron chi connectivity index (χ2n) is 5.64. The molecular formula is C16H18N2O7. The quantitative estimate of drug-likeness (QED) is 0.599. The lowest BCUT2D eigenvalue weighted by Gasteiger charge is -2.21. The maximum Gasteiger partial charge on any atom is 0.321 e. The van der Waals surface area contributed by atoms with E-state index in [2.05, 4.69) is 4.98 Å². The number of rotatable bonds is 9. The fourth-order valence-electron chi connectivity index (χ4n) is 2.89. The molecule has 1 aromatic heterocycles.